The molecule has 2 aromatic heterocycles. The number of H-pyrrole nitrogens is 1. The van der Waals surface area contributed by atoms with Gasteiger partial charge < -0.3 is 4.90 Å². The van der Waals surface area contributed by atoms with E-state index in [2.05, 4.69) is 30.5 Å². The first-order valence-corrected chi connectivity index (χ1v) is 8.22. The predicted octanol–water partition coefficient (Wildman–Crippen LogP) is 2.09. The molecule has 0 atom stereocenters. The largest absolute Gasteiger partial charge is 0.372 e. The molecule has 4 rings (SSSR count). The Labute approximate surface area is 138 Å². The molecule has 3 aromatic rings. The molecule has 24 heavy (non-hydrogen) atoms. The molecule has 0 spiro atoms. The average molecular weight is 325 g/mol. The Bertz CT molecular complexity index is 828. The van der Waals surface area contributed by atoms with Crippen molar-refractivity contribution < 1.29 is 4.79 Å². The van der Waals surface area contributed by atoms with E-state index in [1.807, 2.05) is 24.3 Å². The van der Waals surface area contributed by atoms with Crippen LogP contribution in [0.1, 0.15) is 36.0 Å². The Balaban J connectivity index is 1.47. The van der Waals surface area contributed by atoms with Crippen LogP contribution < -0.4 is 10.2 Å². The van der Waals surface area contributed by atoms with Crippen LogP contribution in [0.5, 0.6) is 0 Å². The van der Waals surface area contributed by atoms with Crippen LogP contribution in [0, 0.1) is 0 Å². The normalized spacial score (nSPS) is 15.4. The van der Waals surface area contributed by atoms with Gasteiger partial charge in [-0.15, -0.1) is 10.2 Å². The first-order chi connectivity index (χ1) is 11.8. The Kier molecular flexibility index (Phi) is 3.86. The van der Waals surface area contributed by atoms with Crippen molar-refractivity contribution in [2.45, 2.75) is 25.7 Å². The zero-order valence-corrected chi connectivity index (χ0v) is 13.3. The van der Waals surface area contributed by atoms with E-state index < -0.39 is 0 Å². The van der Waals surface area contributed by atoms with Crippen LogP contribution in [-0.4, -0.2) is 43.8 Å². The van der Waals surface area contributed by atoms with Crippen LogP contribution in [0.4, 0.5) is 11.6 Å². The molecule has 1 saturated heterocycles. The summed E-state index contributed by atoms with van der Waals surface area (Å²) < 4.78 is 1.52. The monoisotopic (exact) mass is 325 g/mol. The molecule has 0 unspecified atom stereocenters. The summed E-state index contributed by atoms with van der Waals surface area (Å²) in [7, 11) is 0. The molecular weight excluding hydrogens is 306 g/mol. The van der Waals surface area contributed by atoms with Gasteiger partial charge in [0, 0.05) is 24.3 Å². The second-order valence-electron chi connectivity index (χ2n) is 5.95. The van der Waals surface area contributed by atoms with Crippen LogP contribution >= 0.6 is 0 Å². The fourth-order valence-electron chi connectivity index (χ4n) is 3.03. The second kappa shape index (κ2) is 6.31. The van der Waals surface area contributed by atoms with Gasteiger partial charge >= 0.3 is 0 Å². The van der Waals surface area contributed by atoms with Crippen LogP contribution in [0.3, 0.4) is 0 Å². The number of carbonyl (C=O) groups excluding carboxylic acids is 1. The van der Waals surface area contributed by atoms with E-state index in [4.69, 9.17) is 0 Å². The number of amides is 1. The summed E-state index contributed by atoms with van der Waals surface area (Å²) >= 11 is 0. The number of nitrogens with zero attached hydrogens (tertiary/aromatic N) is 5. The first-order valence-electron chi connectivity index (χ1n) is 8.22. The zero-order valence-electron chi connectivity index (χ0n) is 13.3. The number of fused-ring (bicyclic) bond motifs is 1. The van der Waals surface area contributed by atoms with Crippen LogP contribution in [-0.2, 0) is 0 Å². The van der Waals surface area contributed by atoms with Crippen LogP contribution in [0.15, 0.2) is 30.6 Å². The van der Waals surface area contributed by atoms with Crippen molar-refractivity contribution in [2.75, 3.05) is 23.3 Å². The lowest BCUT2D eigenvalue weighted by Crippen LogP contribution is -2.23. The van der Waals surface area contributed by atoms with Gasteiger partial charge in [-0.25, -0.2) is 0 Å². The van der Waals surface area contributed by atoms with E-state index in [1.165, 1.54) is 42.2 Å². The summed E-state index contributed by atoms with van der Waals surface area (Å²) in [5.74, 6) is 0.521. The fourth-order valence-corrected chi connectivity index (χ4v) is 3.03. The third kappa shape index (κ3) is 2.82. The molecule has 124 valence electrons. The van der Waals surface area contributed by atoms with Crippen molar-refractivity contribution in [3.63, 3.8) is 0 Å². The number of anilines is 2. The maximum atomic E-state index is 12.4. The minimum Gasteiger partial charge on any atom is -0.372 e. The number of aromatic amines is 1. The third-order valence-corrected chi connectivity index (χ3v) is 4.34. The van der Waals surface area contributed by atoms with Crippen LogP contribution in [0.2, 0.25) is 0 Å². The summed E-state index contributed by atoms with van der Waals surface area (Å²) in [6.07, 6.45) is 6.56. The number of benzene rings is 1. The quantitative estimate of drug-likeness (QED) is 0.769. The molecule has 8 heteroatoms. The third-order valence-electron chi connectivity index (χ3n) is 4.34. The molecule has 2 N–H and O–H groups in total. The Morgan fingerprint density at radius 2 is 1.79 bits per heavy atom. The van der Waals surface area contributed by atoms with Crippen LogP contribution in [0.25, 0.3) is 5.78 Å². The second-order valence-corrected chi connectivity index (χ2v) is 5.95. The Morgan fingerprint density at radius 3 is 2.54 bits per heavy atom. The van der Waals surface area contributed by atoms with Gasteiger partial charge in [0.25, 0.3) is 17.6 Å². The number of carbonyl (C=O) groups is 1. The van der Waals surface area contributed by atoms with Crippen molar-refractivity contribution in [1.29, 1.82) is 0 Å². The van der Waals surface area contributed by atoms with Crippen molar-refractivity contribution in [2.24, 2.45) is 0 Å². The molecular formula is C16H19N7O. The fraction of sp³-hybridized carbons (Fsp3) is 0.375. The van der Waals surface area contributed by atoms with Gasteiger partial charge in [0.2, 0.25) is 0 Å². The number of hydrogen-bond acceptors (Lipinski definition) is 5. The van der Waals surface area contributed by atoms with Gasteiger partial charge in [-0.3, -0.25) is 15.2 Å². The van der Waals surface area contributed by atoms with Gasteiger partial charge in [0.05, 0.1) is 0 Å². The van der Waals surface area contributed by atoms with E-state index in [0.29, 0.717) is 17.3 Å². The molecule has 0 aliphatic carbocycles. The van der Waals surface area contributed by atoms with Gasteiger partial charge in [0.15, 0.2) is 0 Å². The molecule has 1 amide bonds. The Hall–Kier alpha value is -2.90. The molecule has 1 aliphatic rings. The maximum absolute atomic E-state index is 12.4. The molecule has 0 radical (unpaired) electrons. The van der Waals surface area contributed by atoms with Crippen molar-refractivity contribution in [3.05, 3.63) is 36.2 Å². The minimum absolute atomic E-state index is 0.221. The lowest BCUT2D eigenvalue weighted by Gasteiger charge is -2.22. The van der Waals surface area contributed by atoms with E-state index in [-0.39, 0.29) is 5.91 Å². The summed E-state index contributed by atoms with van der Waals surface area (Å²) in [5.41, 5.74) is 1.76. The SMILES string of the molecule is O=C(Nc1nnc2nc[nH]n12)c1ccc(N2CCCCCC2)cc1. The molecule has 1 aromatic carbocycles. The number of rotatable bonds is 3. The summed E-state index contributed by atoms with van der Waals surface area (Å²) in [6.45, 7) is 2.17. The van der Waals surface area contributed by atoms with Gasteiger partial charge in [0.1, 0.15) is 6.33 Å². The molecule has 3 heterocycles. The van der Waals surface area contributed by atoms with Crippen molar-refractivity contribution in [1.82, 2.24) is 24.8 Å². The summed E-state index contributed by atoms with van der Waals surface area (Å²) in [6, 6.07) is 7.72. The lowest BCUT2D eigenvalue weighted by molar-refractivity contribution is 0.102. The highest BCUT2D eigenvalue weighted by Crippen LogP contribution is 2.20. The van der Waals surface area contributed by atoms with E-state index >= 15 is 0 Å². The van der Waals surface area contributed by atoms with Gasteiger partial charge in [-0.05, 0) is 37.1 Å². The highest BCUT2D eigenvalue weighted by Gasteiger charge is 2.14. The predicted molar refractivity (Wildman–Crippen MR) is 90.2 cm³/mol. The molecule has 0 saturated carbocycles. The van der Waals surface area contributed by atoms with Gasteiger partial charge in [-0.1, -0.05) is 12.8 Å². The highest BCUT2D eigenvalue weighted by atomic mass is 16.1. The van der Waals surface area contributed by atoms with E-state index in [0.717, 1.165) is 13.1 Å². The highest BCUT2D eigenvalue weighted by molar-refractivity contribution is 6.03. The van der Waals surface area contributed by atoms with Gasteiger partial charge in [-0.2, -0.15) is 9.50 Å². The molecule has 1 fully saturated rings. The number of nitrogens with one attached hydrogen (secondary N) is 2. The summed E-state index contributed by atoms with van der Waals surface area (Å²) in [5, 5.41) is 13.3. The van der Waals surface area contributed by atoms with Crippen molar-refractivity contribution in [3.8, 4) is 0 Å². The summed E-state index contributed by atoms with van der Waals surface area (Å²) in [4.78, 5) is 18.7. The molecule has 0 bridgehead atoms. The number of hydrogen-bond donors (Lipinski definition) is 2. The average Bonchev–Trinajstić information content (AvgIpc) is 3.11. The Morgan fingerprint density at radius 1 is 1.04 bits per heavy atom. The maximum Gasteiger partial charge on any atom is 0.273 e. The molecule has 1 aliphatic heterocycles. The van der Waals surface area contributed by atoms with E-state index in [1.54, 1.807) is 0 Å². The number of aromatic nitrogens is 5. The topological polar surface area (TPSA) is 91.2 Å². The lowest BCUT2D eigenvalue weighted by atomic mass is 10.2. The van der Waals surface area contributed by atoms with Crippen molar-refractivity contribution >= 4 is 23.3 Å². The minimum atomic E-state index is -0.221. The van der Waals surface area contributed by atoms with E-state index in [9.17, 15) is 4.79 Å². The standard InChI is InChI=1S/C16H19N7O/c24-14(19-16-21-20-15-17-11-18-23(15)16)12-5-7-13(8-6-12)22-9-3-1-2-4-10-22/h5-8,11H,1-4,9-10H2,(H,17,18,20)(H,19,21,24). The smallest absolute Gasteiger partial charge is 0.273 e. The zero-order chi connectivity index (χ0) is 16.4. The molecule has 8 nitrogen and oxygen atoms in total. The first kappa shape index (κ1) is 14.7.